The minimum absolute atomic E-state index is 0.0272. The quantitative estimate of drug-likeness (QED) is 0.848. The maximum Gasteiger partial charge on any atom is 0.234 e. The third-order valence-electron chi connectivity index (χ3n) is 4.49. The lowest BCUT2D eigenvalue weighted by Crippen LogP contribution is -2.47. The van der Waals surface area contributed by atoms with Crippen molar-refractivity contribution in [2.75, 3.05) is 13.2 Å². The zero-order valence-corrected chi connectivity index (χ0v) is 11.7. The summed E-state index contributed by atoms with van der Waals surface area (Å²) < 4.78 is 18.5. The van der Waals surface area contributed by atoms with Gasteiger partial charge in [-0.2, -0.15) is 0 Å². The van der Waals surface area contributed by atoms with E-state index in [1.165, 1.54) is 12.1 Å². The minimum Gasteiger partial charge on any atom is -0.381 e. The summed E-state index contributed by atoms with van der Waals surface area (Å²) in [6, 6.07) is 6.00. The first kappa shape index (κ1) is 14.2. The van der Waals surface area contributed by atoms with Crippen LogP contribution >= 0.6 is 0 Å². The molecule has 0 aromatic heterocycles. The lowest BCUT2D eigenvalue weighted by Gasteiger charge is -2.37. The highest BCUT2D eigenvalue weighted by atomic mass is 19.1. The fourth-order valence-corrected chi connectivity index (χ4v) is 3.44. The van der Waals surface area contributed by atoms with E-state index in [4.69, 9.17) is 4.74 Å². The SMILES string of the molecule is O=C1CC(C2CCOCC2)C(c2ccc(F)cc2)C(=O)N1. The molecule has 3 rings (SSSR count). The zero-order valence-electron chi connectivity index (χ0n) is 11.7. The molecule has 0 aliphatic carbocycles. The van der Waals surface area contributed by atoms with E-state index in [9.17, 15) is 14.0 Å². The number of rotatable bonds is 2. The average Bonchev–Trinajstić information content (AvgIpc) is 2.49. The van der Waals surface area contributed by atoms with Gasteiger partial charge in [-0.1, -0.05) is 12.1 Å². The third kappa shape index (κ3) is 2.97. The van der Waals surface area contributed by atoms with E-state index in [0.717, 1.165) is 18.4 Å². The smallest absolute Gasteiger partial charge is 0.234 e. The van der Waals surface area contributed by atoms with Gasteiger partial charge >= 0.3 is 0 Å². The van der Waals surface area contributed by atoms with E-state index in [2.05, 4.69) is 5.32 Å². The Balaban J connectivity index is 1.90. The molecule has 2 heterocycles. The maximum atomic E-state index is 13.1. The van der Waals surface area contributed by atoms with Crippen molar-refractivity contribution in [1.82, 2.24) is 5.32 Å². The topological polar surface area (TPSA) is 55.4 Å². The van der Waals surface area contributed by atoms with Crippen LogP contribution < -0.4 is 5.32 Å². The molecule has 2 aliphatic rings. The van der Waals surface area contributed by atoms with Crippen LogP contribution in [0.5, 0.6) is 0 Å². The van der Waals surface area contributed by atoms with Gasteiger partial charge in [-0.3, -0.25) is 14.9 Å². The first-order valence-electron chi connectivity index (χ1n) is 7.32. The normalized spacial score (nSPS) is 27.5. The number of imide groups is 1. The van der Waals surface area contributed by atoms with E-state index in [-0.39, 0.29) is 29.5 Å². The van der Waals surface area contributed by atoms with Crippen molar-refractivity contribution in [3.8, 4) is 0 Å². The monoisotopic (exact) mass is 291 g/mol. The molecule has 2 atom stereocenters. The van der Waals surface area contributed by atoms with Gasteiger partial charge in [0.2, 0.25) is 11.8 Å². The van der Waals surface area contributed by atoms with E-state index >= 15 is 0 Å². The first-order valence-corrected chi connectivity index (χ1v) is 7.32. The fourth-order valence-electron chi connectivity index (χ4n) is 3.44. The molecule has 2 amide bonds. The van der Waals surface area contributed by atoms with Crippen molar-refractivity contribution in [3.63, 3.8) is 0 Å². The highest BCUT2D eigenvalue weighted by molar-refractivity contribution is 6.01. The van der Waals surface area contributed by atoms with Crippen molar-refractivity contribution >= 4 is 11.8 Å². The van der Waals surface area contributed by atoms with Crippen LogP contribution in [-0.4, -0.2) is 25.0 Å². The average molecular weight is 291 g/mol. The van der Waals surface area contributed by atoms with Crippen LogP contribution in [0.3, 0.4) is 0 Å². The summed E-state index contributed by atoms with van der Waals surface area (Å²) in [5.74, 6) is -0.923. The zero-order chi connectivity index (χ0) is 14.8. The number of halogens is 1. The molecule has 112 valence electrons. The number of carbonyl (C=O) groups excluding carboxylic acids is 2. The second kappa shape index (κ2) is 5.93. The minimum atomic E-state index is -0.383. The summed E-state index contributed by atoms with van der Waals surface area (Å²) in [6.45, 7) is 1.35. The molecule has 1 aromatic rings. The standard InChI is InChI=1S/C16H18FNO3/c17-12-3-1-11(2-4-12)15-13(9-14(19)18-16(15)20)10-5-7-21-8-6-10/h1-4,10,13,15H,5-9H2,(H,18,19,20). The largest absolute Gasteiger partial charge is 0.381 e. The molecule has 0 bridgehead atoms. The van der Waals surface area contributed by atoms with E-state index in [1.54, 1.807) is 12.1 Å². The van der Waals surface area contributed by atoms with Crippen molar-refractivity contribution in [2.45, 2.75) is 25.2 Å². The molecule has 21 heavy (non-hydrogen) atoms. The van der Waals surface area contributed by atoms with Crippen molar-refractivity contribution in [3.05, 3.63) is 35.6 Å². The molecule has 0 radical (unpaired) electrons. The van der Waals surface area contributed by atoms with E-state index < -0.39 is 0 Å². The molecule has 5 heteroatoms. The van der Waals surface area contributed by atoms with Gasteiger partial charge in [-0.15, -0.1) is 0 Å². The predicted octanol–water partition coefficient (Wildman–Crippen LogP) is 2.00. The molecule has 1 N–H and O–H groups in total. The molecular formula is C16H18FNO3. The van der Waals surface area contributed by atoms with Gasteiger partial charge in [0.15, 0.2) is 0 Å². The maximum absolute atomic E-state index is 13.1. The molecular weight excluding hydrogens is 273 g/mol. The third-order valence-corrected chi connectivity index (χ3v) is 4.49. The van der Waals surface area contributed by atoms with Gasteiger partial charge in [-0.05, 0) is 42.4 Å². The summed E-state index contributed by atoms with van der Waals surface area (Å²) in [6.07, 6.45) is 2.07. The molecule has 4 nitrogen and oxygen atoms in total. The van der Waals surface area contributed by atoms with Crippen molar-refractivity contribution in [2.24, 2.45) is 11.8 Å². The van der Waals surface area contributed by atoms with Gasteiger partial charge < -0.3 is 4.74 Å². The van der Waals surface area contributed by atoms with Crippen molar-refractivity contribution < 1.29 is 18.7 Å². The van der Waals surface area contributed by atoms with Crippen LogP contribution in [0, 0.1) is 17.7 Å². The summed E-state index contributed by atoms with van der Waals surface area (Å²) in [7, 11) is 0. The summed E-state index contributed by atoms with van der Waals surface area (Å²) in [5.41, 5.74) is 0.776. The second-order valence-electron chi connectivity index (χ2n) is 5.76. The molecule has 0 saturated carbocycles. The Kier molecular flexibility index (Phi) is 4.01. The van der Waals surface area contributed by atoms with Crippen LogP contribution in [0.4, 0.5) is 4.39 Å². The Morgan fingerprint density at radius 2 is 1.76 bits per heavy atom. The Labute approximate surface area is 122 Å². The summed E-state index contributed by atoms with van der Waals surface area (Å²) in [5, 5.41) is 2.41. The number of hydrogen-bond acceptors (Lipinski definition) is 3. The highest BCUT2D eigenvalue weighted by Gasteiger charge is 2.41. The number of hydrogen-bond donors (Lipinski definition) is 1. The van der Waals surface area contributed by atoms with Crippen LogP contribution in [0.25, 0.3) is 0 Å². The molecule has 2 unspecified atom stereocenters. The van der Waals surface area contributed by atoms with Gasteiger partial charge in [0.25, 0.3) is 0 Å². The molecule has 2 aliphatic heterocycles. The number of carbonyl (C=O) groups is 2. The van der Waals surface area contributed by atoms with Crippen LogP contribution in [0.1, 0.15) is 30.7 Å². The van der Waals surface area contributed by atoms with Crippen LogP contribution in [0.15, 0.2) is 24.3 Å². The Hall–Kier alpha value is -1.75. The number of amides is 2. The van der Waals surface area contributed by atoms with E-state index in [1.807, 2.05) is 0 Å². The number of ether oxygens (including phenoxy) is 1. The highest BCUT2D eigenvalue weighted by Crippen LogP contribution is 2.39. The van der Waals surface area contributed by atoms with Gasteiger partial charge in [0, 0.05) is 19.6 Å². The fraction of sp³-hybridized carbons (Fsp3) is 0.500. The van der Waals surface area contributed by atoms with Crippen molar-refractivity contribution in [1.29, 1.82) is 0 Å². The molecule has 0 spiro atoms. The van der Waals surface area contributed by atoms with Gasteiger partial charge in [0.05, 0.1) is 5.92 Å². The molecule has 1 aromatic carbocycles. The molecule has 2 fully saturated rings. The lowest BCUT2D eigenvalue weighted by molar-refractivity contribution is -0.138. The second-order valence-corrected chi connectivity index (χ2v) is 5.76. The molecule has 2 saturated heterocycles. The summed E-state index contributed by atoms with van der Waals surface area (Å²) >= 11 is 0. The summed E-state index contributed by atoms with van der Waals surface area (Å²) in [4.78, 5) is 24.0. The van der Waals surface area contributed by atoms with Crippen LogP contribution in [-0.2, 0) is 14.3 Å². The van der Waals surface area contributed by atoms with Gasteiger partial charge in [-0.25, -0.2) is 4.39 Å². The van der Waals surface area contributed by atoms with Gasteiger partial charge in [0.1, 0.15) is 5.82 Å². The lowest BCUT2D eigenvalue weighted by atomic mass is 9.71. The predicted molar refractivity (Wildman–Crippen MR) is 73.9 cm³/mol. The Bertz CT molecular complexity index is 537. The number of piperidine rings is 1. The number of nitrogens with one attached hydrogen (secondary N) is 1. The Morgan fingerprint density at radius 3 is 2.43 bits per heavy atom. The van der Waals surface area contributed by atoms with Crippen LogP contribution in [0.2, 0.25) is 0 Å². The number of benzene rings is 1. The Morgan fingerprint density at radius 1 is 1.10 bits per heavy atom. The first-order chi connectivity index (χ1) is 10.1. The van der Waals surface area contributed by atoms with E-state index in [0.29, 0.717) is 25.6 Å².